The van der Waals surface area contributed by atoms with Gasteiger partial charge in [0.05, 0.1) is 12.0 Å². The van der Waals surface area contributed by atoms with E-state index in [1.165, 1.54) is 0 Å². The van der Waals surface area contributed by atoms with E-state index >= 15 is 0 Å². The standard InChI is InChI=1S/C8H16N2O3/c1-4(9)8-5(12)2-7(10)13-6(8)3-11/h3-5,7-8,11-12H,2,9-10H2,1H3/b6-3-/t4?,5?,7-,8-/m0/s1. The van der Waals surface area contributed by atoms with Gasteiger partial charge in [-0.05, 0) is 6.92 Å². The molecule has 0 saturated carbocycles. The largest absolute Gasteiger partial charge is 0.512 e. The third-order valence-electron chi connectivity index (χ3n) is 2.20. The van der Waals surface area contributed by atoms with Gasteiger partial charge in [0.1, 0.15) is 18.2 Å². The van der Waals surface area contributed by atoms with Gasteiger partial charge in [-0.25, -0.2) is 0 Å². The molecule has 0 aromatic rings. The average molecular weight is 188 g/mol. The van der Waals surface area contributed by atoms with Gasteiger partial charge in [-0.3, -0.25) is 5.73 Å². The van der Waals surface area contributed by atoms with Gasteiger partial charge in [-0.2, -0.15) is 0 Å². The van der Waals surface area contributed by atoms with Crippen molar-refractivity contribution in [2.24, 2.45) is 17.4 Å². The molecule has 1 heterocycles. The molecule has 0 aromatic carbocycles. The summed E-state index contributed by atoms with van der Waals surface area (Å²) in [5, 5.41) is 18.5. The topological polar surface area (TPSA) is 102 Å². The second-order valence-corrected chi connectivity index (χ2v) is 3.38. The van der Waals surface area contributed by atoms with Crippen LogP contribution in [0.5, 0.6) is 0 Å². The van der Waals surface area contributed by atoms with Gasteiger partial charge in [0, 0.05) is 12.5 Å². The number of ether oxygens (including phenoxy) is 1. The van der Waals surface area contributed by atoms with Crippen molar-refractivity contribution in [1.29, 1.82) is 0 Å². The van der Waals surface area contributed by atoms with Gasteiger partial charge in [0.15, 0.2) is 0 Å². The Labute approximate surface area is 77.0 Å². The van der Waals surface area contributed by atoms with Crippen LogP contribution in [0.2, 0.25) is 0 Å². The minimum absolute atomic E-state index is 0.265. The van der Waals surface area contributed by atoms with Crippen molar-refractivity contribution in [2.75, 3.05) is 0 Å². The van der Waals surface area contributed by atoms with E-state index in [-0.39, 0.29) is 17.7 Å². The number of hydrogen-bond acceptors (Lipinski definition) is 5. The lowest BCUT2D eigenvalue weighted by atomic mass is 9.89. The van der Waals surface area contributed by atoms with Crippen molar-refractivity contribution in [3.8, 4) is 0 Å². The van der Waals surface area contributed by atoms with Gasteiger partial charge in [0.25, 0.3) is 0 Å². The van der Waals surface area contributed by atoms with E-state index in [1.54, 1.807) is 6.92 Å². The van der Waals surface area contributed by atoms with Gasteiger partial charge >= 0.3 is 0 Å². The highest BCUT2D eigenvalue weighted by atomic mass is 16.5. The highest BCUT2D eigenvalue weighted by Crippen LogP contribution is 2.28. The molecule has 2 unspecified atom stereocenters. The normalized spacial score (nSPS) is 40.0. The SMILES string of the molecule is CC(N)[C@@H]1/C(=C/O)O[C@H](N)CC1O. The van der Waals surface area contributed by atoms with Crippen LogP contribution < -0.4 is 11.5 Å². The molecule has 13 heavy (non-hydrogen) atoms. The van der Waals surface area contributed by atoms with Crippen molar-refractivity contribution in [3.05, 3.63) is 12.0 Å². The quantitative estimate of drug-likeness (QED) is 0.412. The lowest BCUT2D eigenvalue weighted by molar-refractivity contribution is -0.0425. The second kappa shape index (κ2) is 3.95. The van der Waals surface area contributed by atoms with E-state index < -0.39 is 12.3 Å². The van der Waals surface area contributed by atoms with Crippen LogP contribution in [0.15, 0.2) is 12.0 Å². The second-order valence-electron chi connectivity index (χ2n) is 3.38. The molecule has 1 aliphatic rings. The predicted octanol–water partition coefficient (Wildman–Crippen LogP) is -0.585. The Morgan fingerprint density at radius 2 is 2.31 bits per heavy atom. The number of hydrogen-bond donors (Lipinski definition) is 4. The zero-order valence-corrected chi connectivity index (χ0v) is 7.55. The van der Waals surface area contributed by atoms with Gasteiger partial charge in [0.2, 0.25) is 0 Å². The molecule has 0 amide bonds. The van der Waals surface area contributed by atoms with Crippen molar-refractivity contribution in [1.82, 2.24) is 0 Å². The number of aliphatic hydroxyl groups is 2. The smallest absolute Gasteiger partial charge is 0.149 e. The van der Waals surface area contributed by atoms with E-state index in [1.807, 2.05) is 0 Å². The monoisotopic (exact) mass is 188 g/mol. The van der Waals surface area contributed by atoms with Crippen molar-refractivity contribution in [3.63, 3.8) is 0 Å². The maximum absolute atomic E-state index is 9.62. The summed E-state index contributed by atoms with van der Waals surface area (Å²) in [4.78, 5) is 0. The first kappa shape index (κ1) is 10.3. The summed E-state index contributed by atoms with van der Waals surface area (Å²) in [6.45, 7) is 1.75. The van der Waals surface area contributed by atoms with E-state index in [2.05, 4.69) is 0 Å². The first-order valence-electron chi connectivity index (χ1n) is 4.26. The van der Waals surface area contributed by atoms with E-state index in [9.17, 15) is 5.11 Å². The van der Waals surface area contributed by atoms with Crippen LogP contribution in [-0.4, -0.2) is 28.6 Å². The molecule has 76 valence electrons. The molecule has 1 rings (SSSR count). The molecular weight excluding hydrogens is 172 g/mol. The number of aliphatic hydroxyl groups excluding tert-OH is 2. The Kier molecular flexibility index (Phi) is 3.13. The van der Waals surface area contributed by atoms with E-state index in [4.69, 9.17) is 21.3 Å². The van der Waals surface area contributed by atoms with Crippen LogP contribution in [-0.2, 0) is 4.74 Å². The summed E-state index contributed by atoms with van der Waals surface area (Å²) in [5.41, 5.74) is 11.1. The molecule has 0 aliphatic carbocycles. The first-order chi connectivity index (χ1) is 6.06. The summed E-state index contributed by atoms with van der Waals surface area (Å²) in [5.74, 6) is -0.106. The first-order valence-corrected chi connectivity index (χ1v) is 4.26. The molecule has 1 fully saturated rings. The summed E-state index contributed by atoms with van der Waals surface area (Å²) >= 11 is 0. The molecule has 5 heteroatoms. The zero-order valence-electron chi connectivity index (χ0n) is 7.55. The minimum atomic E-state index is -0.651. The van der Waals surface area contributed by atoms with E-state index in [0.29, 0.717) is 6.42 Å². The average Bonchev–Trinajstić information content (AvgIpc) is 2.01. The van der Waals surface area contributed by atoms with E-state index in [0.717, 1.165) is 6.26 Å². The molecule has 1 aliphatic heterocycles. The predicted molar refractivity (Wildman–Crippen MR) is 47.5 cm³/mol. The molecular formula is C8H16N2O3. The summed E-state index contributed by atoms with van der Waals surface area (Å²) in [7, 11) is 0. The Morgan fingerprint density at radius 1 is 1.69 bits per heavy atom. The third kappa shape index (κ3) is 2.12. The van der Waals surface area contributed by atoms with Gasteiger partial charge < -0.3 is 20.7 Å². The summed E-state index contributed by atoms with van der Waals surface area (Å²) in [6, 6.07) is -0.277. The molecule has 0 spiro atoms. The summed E-state index contributed by atoms with van der Waals surface area (Å²) in [6.07, 6.45) is -0.0645. The van der Waals surface area contributed by atoms with Crippen LogP contribution in [0.3, 0.4) is 0 Å². The van der Waals surface area contributed by atoms with Gasteiger partial charge in [-0.15, -0.1) is 0 Å². The maximum Gasteiger partial charge on any atom is 0.149 e. The third-order valence-corrected chi connectivity index (χ3v) is 2.20. The molecule has 6 N–H and O–H groups in total. The zero-order chi connectivity index (χ0) is 10.0. The fourth-order valence-electron chi connectivity index (χ4n) is 1.60. The Morgan fingerprint density at radius 3 is 2.77 bits per heavy atom. The lowest BCUT2D eigenvalue weighted by Gasteiger charge is -2.35. The lowest BCUT2D eigenvalue weighted by Crippen LogP contribution is -2.46. The summed E-state index contributed by atoms with van der Waals surface area (Å²) < 4.78 is 5.13. The van der Waals surface area contributed by atoms with Crippen LogP contribution in [0.25, 0.3) is 0 Å². The fraction of sp³-hybridized carbons (Fsp3) is 0.750. The molecule has 5 nitrogen and oxygen atoms in total. The Bertz CT molecular complexity index is 206. The van der Waals surface area contributed by atoms with Crippen LogP contribution >= 0.6 is 0 Å². The minimum Gasteiger partial charge on any atom is -0.512 e. The fourth-order valence-corrected chi connectivity index (χ4v) is 1.60. The molecule has 4 atom stereocenters. The molecule has 0 bridgehead atoms. The molecule has 1 saturated heterocycles. The van der Waals surface area contributed by atoms with Crippen molar-refractivity contribution < 1.29 is 14.9 Å². The van der Waals surface area contributed by atoms with Crippen LogP contribution in [0.1, 0.15) is 13.3 Å². The highest BCUT2D eigenvalue weighted by molar-refractivity contribution is 5.05. The number of nitrogens with two attached hydrogens (primary N) is 2. The van der Waals surface area contributed by atoms with Crippen LogP contribution in [0, 0.1) is 5.92 Å². The van der Waals surface area contributed by atoms with Crippen molar-refractivity contribution in [2.45, 2.75) is 31.7 Å². The maximum atomic E-state index is 9.62. The highest BCUT2D eigenvalue weighted by Gasteiger charge is 2.35. The van der Waals surface area contributed by atoms with Crippen molar-refractivity contribution >= 4 is 0 Å². The number of rotatable bonds is 1. The molecule has 0 aromatic heterocycles. The van der Waals surface area contributed by atoms with Gasteiger partial charge in [-0.1, -0.05) is 0 Å². The Hall–Kier alpha value is -0.780. The Balaban J connectivity index is 2.79. The molecule has 0 radical (unpaired) electrons. The van der Waals surface area contributed by atoms with Crippen LogP contribution in [0.4, 0.5) is 0 Å².